The lowest BCUT2D eigenvalue weighted by molar-refractivity contribution is -0.147. The van der Waals surface area contributed by atoms with Crippen LogP contribution in [0.4, 0.5) is 4.79 Å². The van der Waals surface area contributed by atoms with E-state index >= 15 is 0 Å². The van der Waals surface area contributed by atoms with Gasteiger partial charge in [-0.25, -0.2) is 4.79 Å². The van der Waals surface area contributed by atoms with Crippen LogP contribution in [0.25, 0.3) is 0 Å². The topological polar surface area (TPSA) is 76.2 Å². The van der Waals surface area contributed by atoms with Gasteiger partial charge >= 0.3 is 12.1 Å². The fraction of sp³-hybridized carbons (Fsp3) is 0.800. The molecular formula is C15H24N2O5. The highest BCUT2D eigenvalue weighted by atomic mass is 16.6. The minimum atomic E-state index is -0.851. The van der Waals surface area contributed by atoms with Crippen LogP contribution in [-0.2, 0) is 19.1 Å². The van der Waals surface area contributed by atoms with E-state index in [0.29, 0.717) is 25.9 Å². The van der Waals surface area contributed by atoms with Crippen molar-refractivity contribution in [1.29, 1.82) is 0 Å². The number of amides is 2. The third-order valence-corrected chi connectivity index (χ3v) is 4.13. The normalized spacial score (nSPS) is 25.0. The Hall–Kier alpha value is -1.79. The fourth-order valence-corrected chi connectivity index (χ4v) is 3.14. The van der Waals surface area contributed by atoms with Crippen LogP contribution in [0.3, 0.4) is 0 Å². The predicted molar refractivity (Wildman–Crippen MR) is 78.1 cm³/mol. The van der Waals surface area contributed by atoms with Crippen molar-refractivity contribution in [1.82, 2.24) is 9.80 Å². The smallest absolute Gasteiger partial charge is 0.411 e. The molecule has 2 amide bonds. The zero-order valence-electron chi connectivity index (χ0n) is 13.7. The molecule has 7 nitrogen and oxygen atoms in total. The maximum Gasteiger partial charge on any atom is 0.411 e. The molecule has 2 saturated heterocycles. The van der Waals surface area contributed by atoms with Crippen LogP contribution >= 0.6 is 0 Å². The van der Waals surface area contributed by atoms with Crippen LogP contribution in [0.15, 0.2) is 0 Å². The first-order chi connectivity index (χ1) is 10.2. The molecule has 7 heteroatoms. The van der Waals surface area contributed by atoms with Gasteiger partial charge in [-0.05, 0) is 40.0 Å². The van der Waals surface area contributed by atoms with Gasteiger partial charge in [0.25, 0.3) is 0 Å². The highest BCUT2D eigenvalue weighted by molar-refractivity contribution is 5.94. The van der Waals surface area contributed by atoms with Crippen molar-refractivity contribution in [2.75, 3.05) is 26.7 Å². The van der Waals surface area contributed by atoms with Crippen LogP contribution in [0.5, 0.6) is 0 Å². The Bertz CT molecular complexity index is 485. The molecule has 124 valence electrons. The second-order valence-electron chi connectivity index (χ2n) is 6.82. The maximum atomic E-state index is 12.7. The molecule has 2 fully saturated rings. The summed E-state index contributed by atoms with van der Waals surface area (Å²) >= 11 is 0. The van der Waals surface area contributed by atoms with Crippen molar-refractivity contribution in [2.24, 2.45) is 0 Å². The van der Waals surface area contributed by atoms with Gasteiger partial charge in [0, 0.05) is 13.1 Å². The van der Waals surface area contributed by atoms with E-state index in [1.54, 1.807) is 20.8 Å². The second kappa shape index (κ2) is 5.78. The number of carbonyl (C=O) groups excluding carboxylic acids is 3. The van der Waals surface area contributed by atoms with Crippen molar-refractivity contribution in [3.8, 4) is 0 Å². The minimum absolute atomic E-state index is 0.0702. The number of hydrogen-bond donors (Lipinski definition) is 0. The van der Waals surface area contributed by atoms with Gasteiger partial charge in [-0.2, -0.15) is 0 Å². The average Bonchev–Trinajstić information content (AvgIpc) is 2.97. The first-order valence-corrected chi connectivity index (χ1v) is 7.56. The Labute approximate surface area is 130 Å². The molecule has 2 aliphatic rings. The summed E-state index contributed by atoms with van der Waals surface area (Å²) in [6.07, 6.45) is 1.44. The molecule has 0 aromatic carbocycles. The monoisotopic (exact) mass is 312 g/mol. The van der Waals surface area contributed by atoms with Crippen LogP contribution in [0.2, 0.25) is 0 Å². The van der Waals surface area contributed by atoms with Gasteiger partial charge in [0.2, 0.25) is 5.91 Å². The third-order valence-electron chi connectivity index (χ3n) is 4.13. The van der Waals surface area contributed by atoms with Crippen LogP contribution in [0, 0.1) is 0 Å². The molecule has 2 heterocycles. The molecule has 2 rings (SSSR count). The molecule has 0 N–H and O–H groups in total. The van der Waals surface area contributed by atoms with E-state index in [9.17, 15) is 14.4 Å². The number of likely N-dealkylation sites (tertiary alicyclic amines) is 2. The summed E-state index contributed by atoms with van der Waals surface area (Å²) in [5.74, 6) is -0.631. The van der Waals surface area contributed by atoms with Crippen molar-refractivity contribution in [3.63, 3.8) is 0 Å². The van der Waals surface area contributed by atoms with E-state index in [0.717, 1.165) is 6.42 Å². The summed E-state index contributed by atoms with van der Waals surface area (Å²) in [7, 11) is 1.29. The number of methoxy groups -OCH3 is 1. The first-order valence-electron chi connectivity index (χ1n) is 7.56. The number of nitrogens with zero attached hydrogens (tertiary/aromatic N) is 2. The lowest BCUT2D eigenvalue weighted by atomic mass is 9.94. The van der Waals surface area contributed by atoms with Gasteiger partial charge < -0.3 is 14.4 Å². The minimum Gasteiger partial charge on any atom is -0.468 e. The molecule has 1 spiro atoms. The quantitative estimate of drug-likeness (QED) is 0.715. The summed E-state index contributed by atoms with van der Waals surface area (Å²) in [5.41, 5.74) is -1.45. The largest absolute Gasteiger partial charge is 0.468 e. The molecule has 1 atom stereocenters. The molecule has 0 aliphatic carbocycles. The summed E-state index contributed by atoms with van der Waals surface area (Å²) in [4.78, 5) is 39.5. The summed E-state index contributed by atoms with van der Waals surface area (Å²) < 4.78 is 10.0. The Morgan fingerprint density at radius 3 is 2.50 bits per heavy atom. The third kappa shape index (κ3) is 3.03. The molecule has 0 saturated carbocycles. The zero-order chi connectivity index (χ0) is 16.5. The molecule has 22 heavy (non-hydrogen) atoms. The van der Waals surface area contributed by atoms with E-state index in [-0.39, 0.29) is 12.5 Å². The summed E-state index contributed by atoms with van der Waals surface area (Å²) in [6, 6.07) is 0. The Balaban J connectivity index is 2.14. The maximum absolute atomic E-state index is 12.7. The van der Waals surface area contributed by atoms with Gasteiger partial charge in [0.05, 0.1) is 7.11 Å². The van der Waals surface area contributed by atoms with Crippen molar-refractivity contribution in [3.05, 3.63) is 0 Å². The summed E-state index contributed by atoms with van der Waals surface area (Å²) in [6.45, 7) is 6.29. The fourth-order valence-electron chi connectivity index (χ4n) is 3.14. The number of rotatable bonds is 2. The molecular weight excluding hydrogens is 288 g/mol. The van der Waals surface area contributed by atoms with E-state index in [1.165, 1.54) is 16.9 Å². The molecule has 0 radical (unpaired) electrons. The van der Waals surface area contributed by atoms with E-state index < -0.39 is 23.2 Å². The van der Waals surface area contributed by atoms with Crippen molar-refractivity contribution >= 4 is 18.0 Å². The number of esters is 1. The predicted octanol–water partition coefficient (Wildman–Crippen LogP) is 1.16. The van der Waals surface area contributed by atoms with Gasteiger partial charge in [-0.3, -0.25) is 14.5 Å². The molecule has 0 bridgehead atoms. The lowest BCUT2D eigenvalue weighted by Gasteiger charge is -2.34. The number of hydrogen-bond acceptors (Lipinski definition) is 5. The van der Waals surface area contributed by atoms with Crippen LogP contribution in [-0.4, -0.2) is 65.7 Å². The first kappa shape index (κ1) is 16.6. The lowest BCUT2D eigenvalue weighted by Crippen LogP contribution is -2.54. The van der Waals surface area contributed by atoms with E-state index in [4.69, 9.17) is 4.74 Å². The van der Waals surface area contributed by atoms with Gasteiger partial charge in [0.15, 0.2) is 0 Å². The SMILES string of the molecule is COC(=O)CN1CCC2(CCCN2C(=O)OC(C)(C)C)C1=O. The zero-order valence-corrected chi connectivity index (χ0v) is 13.7. The van der Waals surface area contributed by atoms with E-state index in [2.05, 4.69) is 4.74 Å². The van der Waals surface area contributed by atoms with E-state index in [1.807, 2.05) is 0 Å². The van der Waals surface area contributed by atoms with Gasteiger partial charge in [-0.1, -0.05) is 0 Å². The molecule has 1 unspecified atom stereocenters. The average molecular weight is 312 g/mol. The van der Waals surface area contributed by atoms with Gasteiger partial charge in [-0.15, -0.1) is 0 Å². The summed E-state index contributed by atoms with van der Waals surface area (Å²) in [5, 5.41) is 0. The standard InChI is InChI=1S/C15H24N2O5/c1-14(2,3)22-13(20)17-8-5-6-15(17)7-9-16(12(15)19)10-11(18)21-4/h5-10H2,1-4H3. The number of ether oxygens (including phenoxy) is 2. The molecule has 2 aliphatic heterocycles. The molecule has 0 aromatic heterocycles. The van der Waals surface area contributed by atoms with Crippen LogP contribution < -0.4 is 0 Å². The molecule has 0 aromatic rings. The van der Waals surface area contributed by atoms with Crippen molar-refractivity contribution < 1.29 is 23.9 Å². The Kier molecular flexibility index (Phi) is 4.35. The second-order valence-corrected chi connectivity index (χ2v) is 6.82. The Morgan fingerprint density at radius 2 is 1.91 bits per heavy atom. The highest BCUT2D eigenvalue weighted by Gasteiger charge is 2.56. The van der Waals surface area contributed by atoms with Gasteiger partial charge in [0.1, 0.15) is 17.7 Å². The highest BCUT2D eigenvalue weighted by Crippen LogP contribution is 2.39. The number of carbonyl (C=O) groups is 3. The van der Waals surface area contributed by atoms with Crippen molar-refractivity contribution in [2.45, 2.75) is 51.2 Å². The Morgan fingerprint density at radius 1 is 1.23 bits per heavy atom. The van der Waals surface area contributed by atoms with Crippen LogP contribution in [0.1, 0.15) is 40.0 Å².